The lowest BCUT2D eigenvalue weighted by atomic mass is 10.2. The predicted molar refractivity (Wildman–Crippen MR) is 62.8 cm³/mol. The zero-order chi connectivity index (χ0) is 12.6. The molecule has 0 aliphatic rings. The van der Waals surface area contributed by atoms with Gasteiger partial charge in [0, 0.05) is 0 Å². The average Bonchev–Trinajstić information content (AvgIpc) is 2.58. The zero-order valence-electron chi connectivity index (χ0n) is 9.31. The largest absolute Gasteiger partial charge is 0.478 e. The molecule has 88 valence electrons. The van der Waals surface area contributed by atoms with Crippen molar-refractivity contribution in [2.45, 2.75) is 13.8 Å². The number of benzene rings is 1. The number of carboxylic acid groups (broad SMARTS) is 1. The van der Waals surface area contributed by atoms with E-state index in [1.807, 2.05) is 0 Å². The number of hydrogen-bond donors (Lipinski definition) is 1. The first-order valence-corrected chi connectivity index (χ1v) is 5.30. The summed E-state index contributed by atoms with van der Waals surface area (Å²) in [7, 11) is 0. The van der Waals surface area contributed by atoms with Gasteiger partial charge in [-0.25, -0.2) is 14.5 Å². The molecule has 0 radical (unpaired) electrons. The minimum atomic E-state index is -1.06. The second-order valence-corrected chi connectivity index (χ2v) is 3.99. The van der Waals surface area contributed by atoms with E-state index in [1.165, 1.54) is 12.1 Å². The fourth-order valence-electron chi connectivity index (χ4n) is 1.57. The molecule has 1 aromatic carbocycles. The summed E-state index contributed by atoms with van der Waals surface area (Å²) >= 11 is 5.80. The topological polar surface area (TPSA) is 68.0 Å². The minimum Gasteiger partial charge on any atom is -0.478 e. The van der Waals surface area contributed by atoms with Crippen LogP contribution in [0, 0.1) is 13.8 Å². The minimum absolute atomic E-state index is 0.0525. The first-order valence-electron chi connectivity index (χ1n) is 4.92. The molecule has 1 heterocycles. The molecule has 0 aliphatic carbocycles. The van der Waals surface area contributed by atoms with Gasteiger partial charge in [-0.2, -0.15) is 5.10 Å². The fourth-order valence-corrected chi connectivity index (χ4v) is 1.77. The molecule has 17 heavy (non-hydrogen) atoms. The smallest absolute Gasteiger partial charge is 0.337 e. The monoisotopic (exact) mass is 251 g/mol. The number of aromatic nitrogens is 3. The third-order valence-electron chi connectivity index (χ3n) is 2.30. The lowest BCUT2D eigenvalue weighted by molar-refractivity contribution is 0.0697. The van der Waals surface area contributed by atoms with Crippen LogP contribution in [0.4, 0.5) is 0 Å². The second-order valence-electron chi connectivity index (χ2n) is 3.59. The number of aromatic carboxylic acids is 1. The normalized spacial score (nSPS) is 10.5. The Kier molecular flexibility index (Phi) is 2.85. The van der Waals surface area contributed by atoms with Gasteiger partial charge >= 0.3 is 5.97 Å². The summed E-state index contributed by atoms with van der Waals surface area (Å²) in [6.07, 6.45) is 0. The molecule has 0 aliphatic heterocycles. The van der Waals surface area contributed by atoms with Gasteiger partial charge in [-0.1, -0.05) is 11.6 Å². The lowest BCUT2D eigenvalue weighted by Crippen LogP contribution is -2.03. The summed E-state index contributed by atoms with van der Waals surface area (Å²) in [4.78, 5) is 15.1. The summed E-state index contributed by atoms with van der Waals surface area (Å²) in [5.41, 5.74) is 0.682. The van der Waals surface area contributed by atoms with Gasteiger partial charge in [0.2, 0.25) is 0 Å². The molecule has 0 saturated heterocycles. The van der Waals surface area contributed by atoms with Gasteiger partial charge in [0.15, 0.2) is 0 Å². The molecule has 5 nitrogen and oxygen atoms in total. The number of carboxylic acids is 1. The van der Waals surface area contributed by atoms with Crippen molar-refractivity contribution in [3.63, 3.8) is 0 Å². The highest BCUT2D eigenvalue weighted by Gasteiger charge is 2.12. The van der Waals surface area contributed by atoms with E-state index in [2.05, 4.69) is 10.1 Å². The summed E-state index contributed by atoms with van der Waals surface area (Å²) < 4.78 is 1.58. The van der Waals surface area contributed by atoms with Gasteiger partial charge in [0.05, 0.1) is 16.3 Å². The second kappa shape index (κ2) is 4.18. The molecular formula is C11H10ClN3O2. The van der Waals surface area contributed by atoms with Crippen LogP contribution in [-0.2, 0) is 0 Å². The van der Waals surface area contributed by atoms with Crippen LogP contribution in [-0.4, -0.2) is 25.8 Å². The fraction of sp³-hybridized carbons (Fsp3) is 0.182. The molecule has 0 spiro atoms. The molecular weight excluding hydrogens is 242 g/mol. The lowest BCUT2D eigenvalue weighted by Gasteiger charge is -2.05. The maximum atomic E-state index is 11.0. The maximum absolute atomic E-state index is 11.0. The Morgan fingerprint density at radius 1 is 1.41 bits per heavy atom. The van der Waals surface area contributed by atoms with E-state index in [0.717, 1.165) is 0 Å². The third kappa shape index (κ3) is 2.14. The van der Waals surface area contributed by atoms with Crippen LogP contribution in [0.5, 0.6) is 0 Å². The van der Waals surface area contributed by atoms with Crippen LogP contribution in [0.2, 0.25) is 5.02 Å². The molecule has 6 heteroatoms. The maximum Gasteiger partial charge on any atom is 0.337 e. The zero-order valence-corrected chi connectivity index (χ0v) is 10.1. The quantitative estimate of drug-likeness (QED) is 0.889. The van der Waals surface area contributed by atoms with Gasteiger partial charge in [-0.15, -0.1) is 0 Å². The van der Waals surface area contributed by atoms with Crippen LogP contribution in [0.1, 0.15) is 22.0 Å². The average molecular weight is 252 g/mol. The first kappa shape index (κ1) is 11.6. The van der Waals surface area contributed by atoms with E-state index < -0.39 is 5.97 Å². The van der Waals surface area contributed by atoms with Crippen molar-refractivity contribution in [1.82, 2.24) is 14.8 Å². The van der Waals surface area contributed by atoms with Crippen LogP contribution in [0.25, 0.3) is 5.69 Å². The van der Waals surface area contributed by atoms with Crippen molar-refractivity contribution >= 4 is 17.6 Å². The molecule has 0 bridgehead atoms. The summed E-state index contributed by atoms with van der Waals surface area (Å²) in [6.45, 7) is 3.58. The third-order valence-corrected chi connectivity index (χ3v) is 2.63. The van der Waals surface area contributed by atoms with Crippen molar-refractivity contribution in [2.75, 3.05) is 0 Å². The van der Waals surface area contributed by atoms with E-state index in [0.29, 0.717) is 17.3 Å². The number of carbonyl (C=O) groups is 1. The Hall–Kier alpha value is -1.88. The number of nitrogens with zero attached hydrogens (tertiary/aromatic N) is 3. The summed E-state index contributed by atoms with van der Waals surface area (Å²) in [5.74, 6) is 0.266. The molecule has 0 fully saturated rings. The summed E-state index contributed by atoms with van der Waals surface area (Å²) in [6, 6.07) is 4.72. The Morgan fingerprint density at radius 3 is 2.65 bits per heavy atom. The number of rotatable bonds is 2. The van der Waals surface area contributed by atoms with Gasteiger partial charge in [-0.3, -0.25) is 0 Å². The highest BCUT2D eigenvalue weighted by atomic mass is 35.5. The van der Waals surface area contributed by atoms with E-state index in [1.54, 1.807) is 24.6 Å². The van der Waals surface area contributed by atoms with Gasteiger partial charge in [-0.05, 0) is 32.0 Å². The number of hydrogen-bond acceptors (Lipinski definition) is 3. The van der Waals surface area contributed by atoms with Crippen molar-refractivity contribution in [3.8, 4) is 5.69 Å². The van der Waals surface area contributed by atoms with E-state index in [4.69, 9.17) is 16.7 Å². The van der Waals surface area contributed by atoms with Gasteiger partial charge < -0.3 is 5.11 Å². The van der Waals surface area contributed by atoms with Gasteiger partial charge in [0.1, 0.15) is 11.6 Å². The van der Waals surface area contributed by atoms with Gasteiger partial charge in [0.25, 0.3) is 0 Å². The summed E-state index contributed by atoms with van der Waals surface area (Å²) in [5, 5.41) is 13.4. The van der Waals surface area contributed by atoms with Crippen LogP contribution >= 0.6 is 11.6 Å². The Bertz CT molecular complexity index is 592. The standard InChI is InChI=1S/C11H10ClN3O2/c1-6-13-7(2)15(14-6)8-3-4-10(12)9(5-8)11(16)17/h3-5H,1-2H3,(H,16,17). The van der Waals surface area contributed by atoms with E-state index in [9.17, 15) is 4.79 Å². The Balaban J connectivity index is 2.57. The molecule has 0 saturated carbocycles. The number of aryl methyl sites for hydroxylation is 2. The molecule has 2 rings (SSSR count). The van der Waals surface area contributed by atoms with Crippen molar-refractivity contribution in [3.05, 3.63) is 40.4 Å². The molecule has 0 atom stereocenters. The number of halogens is 1. The van der Waals surface area contributed by atoms with Crippen molar-refractivity contribution in [1.29, 1.82) is 0 Å². The first-order chi connectivity index (χ1) is 7.99. The van der Waals surface area contributed by atoms with Crippen molar-refractivity contribution in [2.24, 2.45) is 0 Å². The molecule has 1 N–H and O–H groups in total. The highest BCUT2D eigenvalue weighted by molar-refractivity contribution is 6.33. The SMILES string of the molecule is Cc1nc(C)n(-c2ccc(Cl)c(C(=O)O)c2)n1. The Labute approximate surface area is 103 Å². The van der Waals surface area contributed by atoms with Crippen LogP contribution in [0.15, 0.2) is 18.2 Å². The van der Waals surface area contributed by atoms with Crippen LogP contribution in [0.3, 0.4) is 0 Å². The Morgan fingerprint density at radius 2 is 2.12 bits per heavy atom. The van der Waals surface area contributed by atoms with Crippen molar-refractivity contribution < 1.29 is 9.90 Å². The van der Waals surface area contributed by atoms with Crippen LogP contribution < -0.4 is 0 Å². The molecule has 2 aromatic rings. The van der Waals surface area contributed by atoms with E-state index in [-0.39, 0.29) is 10.6 Å². The molecule has 0 amide bonds. The highest BCUT2D eigenvalue weighted by Crippen LogP contribution is 2.20. The predicted octanol–water partition coefficient (Wildman–Crippen LogP) is 2.24. The van der Waals surface area contributed by atoms with E-state index >= 15 is 0 Å². The molecule has 0 unspecified atom stereocenters. The molecule has 1 aromatic heterocycles.